The summed E-state index contributed by atoms with van der Waals surface area (Å²) in [7, 11) is 0. The van der Waals surface area contributed by atoms with Gasteiger partial charge in [-0.1, -0.05) is 35.0 Å². The van der Waals surface area contributed by atoms with Gasteiger partial charge in [0, 0.05) is 22.3 Å². The quantitative estimate of drug-likeness (QED) is 0.433. The number of nitrogens with one attached hydrogen (secondary N) is 2. The third kappa shape index (κ3) is 5.01. The number of thiocarbonyl (C=S) groups is 1. The molecule has 7 heteroatoms. The van der Waals surface area contributed by atoms with Crippen molar-refractivity contribution < 1.29 is 4.92 Å². The van der Waals surface area contributed by atoms with Gasteiger partial charge in [-0.2, -0.15) is 0 Å². The van der Waals surface area contributed by atoms with Crippen molar-refractivity contribution in [3.63, 3.8) is 0 Å². The van der Waals surface area contributed by atoms with E-state index in [4.69, 9.17) is 12.2 Å². The van der Waals surface area contributed by atoms with Crippen LogP contribution in [-0.2, 0) is 0 Å². The lowest BCUT2D eigenvalue weighted by atomic mass is 10.1. The largest absolute Gasteiger partial charge is 0.356 e. The van der Waals surface area contributed by atoms with Crippen molar-refractivity contribution in [3.8, 4) is 0 Å². The number of rotatable bonds is 5. The van der Waals surface area contributed by atoms with Gasteiger partial charge in [0.15, 0.2) is 5.11 Å². The van der Waals surface area contributed by atoms with E-state index < -0.39 is 4.92 Å². The normalized spacial score (nSPS) is 11.6. The average Bonchev–Trinajstić information content (AvgIpc) is 2.54. The van der Waals surface area contributed by atoms with Crippen LogP contribution in [0.1, 0.15) is 24.9 Å². The van der Waals surface area contributed by atoms with Gasteiger partial charge < -0.3 is 10.6 Å². The number of hydrogen-bond acceptors (Lipinski definition) is 3. The van der Waals surface area contributed by atoms with E-state index in [-0.39, 0.29) is 11.7 Å². The number of nitrogens with zero attached hydrogens (tertiary/aromatic N) is 1. The Hall–Kier alpha value is -1.99. The number of halogens is 1. The third-order valence-electron chi connectivity index (χ3n) is 3.32. The lowest BCUT2D eigenvalue weighted by molar-refractivity contribution is -0.384. The molecule has 0 amide bonds. The van der Waals surface area contributed by atoms with Crippen molar-refractivity contribution in [2.75, 3.05) is 5.32 Å². The Labute approximate surface area is 148 Å². The monoisotopic (exact) mass is 393 g/mol. The van der Waals surface area contributed by atoms with E-state index >= 15 is 0 Å². The highest BCUT2D eigenvalue weighted by Gasteiger charge is 2.11. The van der Waals surface area contributed by atoms with Crippen LogP contribution in [0.15, 0.2) is 53.0 Å². The highest BCUT2D eigenvalue weighted by Crippen LogP contribution is 2.20. The van der Waals surface area contributed by atoms with Crippen LogP contribution in [0.3, 0.4) is 0 Å². The lowest BCUT2D eigenvalue weighted by Gasteiger charge is -2.20. The second kappa shape index (κ2) is 8.03. The molecular formula is C16H16BrN3O2S. The summed E-state index contributed by atoms with van der Waals surface area (Å²) in [6.45, 7) is 2.08. The molecule has 0 unspecified atom stereocenters. The van der Waals surface area contributed by atoms with Gasteiger partial charge in [-0.3, -0.25) is 10.1 Å². The van der Waals surface area contributed by atoms with Crippen molar-refractivity contribution in [1.82, 2.24) is 5.32 Å². The van der Waals surface area contributed by atoms with Gasteiger partial charge in [0.05, 0.1) is 11.0 Å². The van der Waals surface area contributed by atoms with Crippen LogP contribution in [0.25, 0.3) is 0 Å². The molecule has 0 bridgehead atoms. The minimum atomic E-state index is -0.430. The molecule has 2 aromatic carbocycles. The Morgan fingerprint density at radius 2 is 1.83 bits per heavy atom. The number of hydrogen-bond donors (Lipinski definition) is 2. The molecule has 2 aromatic rings. The standard InChI is InChI=1S/C16H16BrN3O2S/c1-2-15(11-3-5-12(17)6-4-11)19-16(23)18-13-7-9-14(10-8-13)20(21)22/h3-10,15H,2H2,1H3,(H2,18,19,23)/t15-/m1/s1. The summed E-state index contributed by atoms with van der Waals surface area (Å²) in [5.74, 6) is 0. The fourth-order valence-electron chi connectivity index (χ4n) is 2.11. The van der Waals surface area contributed by atoms with Gasteiger partial charge in [-0.25, -0.2) is 0 Å². The molecule has 0 aliphatic carbocycles. The summed E-state index contributed by atoms with van der Waals surface area (Å²) in [6.07, 6.45) is 0.879. The van der Waals surface area contributed by atoms with E-state index in [1.165, 1.54) is 12.1 Å². The second-order valence-corrected chi connectivity index (χ2v) is 6.24. The maximum absolute atomic E-state index is 10.6. The van der Waals surface area contributed by atoms with E-state index in [9.17, 15) is 10.1 Å². The molecule has 0 spiro atoms. The minimum Gasteiger partial charge on any atom is -0.356 e. The molecular weight excluding hydrogens is 378 g/mol. The zero-order valence-corrected chi connectivity index (χ0v) is 14.9. The minimum absolute atomic E-state index is 0.0516. The molecule has 2 rings (SSSR count). The SMILES string of the molecule is CC[C@@H](NC(=S)Nc1ccc([N+](=O)[O-])cc1)c1ccc(Br)cc1. The first-order valence-electron chi connectivity index (χ1n) is 7.07. The van der Waals surface area contributed by atoms with Gasteiger partial charge in [-0.05, 0) is 48.5 Å². The Balaban J connectivity index is 1.99. The predicted molar refractivity (Wildman–Crippen MR) is 99.6 cm³/mol. The Bertz CT molecular complexity index is 689. The number of non-ortho nitro benzene ring substituents is 1. The first kappa shape index (κ1) is 17.4. The highest BCUT2D eigenvalue weighted by molar-refractivity contribution is 9.10. The third-order valence-corrected chi connectivity index (χ3v) is 4.07. The number of benzene rings is 2. The molecule has 0 radical (unpaired) electrons. The summed E-state index contributed by atoms with van der Waals surface area (Å²) in [6, 6.07) is 14.3. The zero-order chi connectivity index (χ0) is 16.8. The summed E-state index contributed by atoms with van der Waals surface area (Å²) in [4.78, 5) is 10.2. The number of nitro groups is 1. The fourth-order valence-corrected chi connectivity index (χ4v) is 2.63. The van der Waals surface area contributed by atoms with E-state index in [1.807, 2.05) is 24.3 Å². The van der Waals surface area contributed by atoms with Crippen LogP contribution in [0.4, 0.5) is 11.4 Å². The lowest BCUT2D eigenvalue weighted by Crippen LogP contribution is -2.32. The van der Waals surface area contributed by atoms with E-state index in [1.54, 1.807) is 12.1 Å². The summed E-state index contributed by atoms with van der Waals surface area (Å²) in [5, 5.41) is 17.4. The summed E-state index contributed by atoms with van der Waals surface area (Å²) in [5.41, 5.74) is 1.90. The Morgan fingerprint density at radius 1 is 1.22 bits per heavy atom. The Morgan fingerprint density at radius 3 is 2.35 bits per heavy atom. The molecule has 0 fully saturated rings. The first-order valence-corrected chi connectivity index (χ1v) is 8.27. The van der Waals surface area contributed by atoms with Crippen LogP contribution in [0, 0.1) is 10.1 Å². The molecule has 23 heavy (non-hydrogen) atoms. The topological polar surface area (TPSA) is 67.2 Å². The maximum Gasteiger partial charge on any atom is 0.269 e. The van der Waals surface area contributed by atoms with Gasteiger partial charge in [0.25, 0.3) is 5.69 Å². The molecule has 5 nitrogen and oxygen atoms in total. The van der Waals surface area contributed by atoms with Crippen molar-refractivity contribution in [2.24, 2.45) is 0 Å². The van der Waals surface area contributed by atoms with E-state index in [0.29, 0.717) is 10.8 Å². The molecule has 0 aromatic heterocycles. The molecule has 0 saturated heterocycles. The van der Waals surface area contributed by atoms with Crippen LogP contribution in [-0.4, -0.2) is 10.0 Å². The number of nitro benzene ring substituents is 1. The zero-order valence-electron chi connectivity index (χ0n) is 12.5. The van der Waals surface area contributed by atoms with E-state index in [0.717, 1.165) is 16.5 Å². The molecule has 0 heterocycles. The average molecular weight is 394 g/mol. The summed E-state index contributed by atoms with van der Waals surface area (Å²) >= 11 is 8.74. The smallest absolute Gasteiger partial charge is 0.269 e. The van der Waals surface area contributed by atoms with Gasteiger partial charge >= 0.3 is 0 Å². The van der Waals surface area contributed by atoms with E-state index in [2.05, 4.69) is 33.5 Å². The first-order chi connectivity index (χ1) is 11.0. The van der Waals surface area contributed by atoms with Crippen molar-refractivity contribution >= 4 is 44.6 Å². The molecule has 0 aliphatic rings. The van der Waals surface area contributed by atoms with Crippen molar-refractivity contribution in [1.29, 1.82) is 0 Å². The van der Waals surface area contributed by atoms with Gasteiger partial charge in [0.2, 0.25) is 0 Å². The Kier molecular flexibility index (Phi) is 6.06. The van der Waals surface area contributed by atoms with Crippen LogP contribution in [0.5, 0.6) is 0 Å². The highest BCUT2D eigenvalue weighted by atomic mass is 79.9. The van der Waals surface area contributed by atoms with Crippen LogP contribution in [0.2, 0.25) is 0 Å². The molecule has 0 saturated carbocycles. The molecule has 120 valence electrons. The van der Waals surface area contributed by atoms with Crippen molar-refractivity contribution in [2.45, 2.75) is 19.4 Å². The van der Waals surface area contributed by atoms with Crippen LogP contribution < -0.4 is 10.6 Å². The molecule has 2 N–H and O–H groups in total. The fraction of sp³-hybridized carbons (Fsp3) is 0.188. The van der Waals surface area contributed by atoms with Gasteiger partial charge in [0.1, 0.15) is 0 Å². The maximum atomic E-state index is 10.6. The molecule has 1 atom stereocenters. The second-order valence-electron chi connectivity index (χ2n) is 4.91. The molecule has 0 aliphatic heterocycles. The summed E-state index contributed by atoms with van der Waals surface area (Å²) < 4.78 is 1.03. The van der Waals surface area contributed by atoms with Crippen LogP contribution >= 0.6 is 28.1 Å². The predicted octanol–water partition coefficient (Wildman–Crippen LogP) is 4.80. The van der Waals surface area contributed by atoms with Crippen molar-refractivity contribution in [3.05, 3.63) is 68.7 Å². The van der Waals surface area contributed by atoms with Gasteiger partial charge in [-0.15, -0.1) is 0 Å². The number of anilines is 1.